The van der Waals surface area contributed by atoms with Gasteiger partial charge in [-0.1, -0.05) is 18.1 Å². The number of ether oxygens (including phenoxy) is 1. The fraction of sp³-hybridized carbons (Fsp3) is 0.769. The van der Waals surface area contributed by atoms with Gasteiger partial charge in [0.25, 0.3) is 0 Å². The minimum atomic E-state index is -0.438. The molecule has 0 aromatic heterocycles. The second kappa shape index (κ2) is 3.75. The monoisotopic (exact) mass is 208 g/mol. The molecule has 1 aliphatic heterocycles. The van der Waals surface area contributed by atoms with Gasteiger partial charge in [0.1, 0.15) is 5.60 Å². The maximum Gasteiger partial charge on any atom is 0.169 e. The number of ketones is 1. The molecule has 2 rings (SSSR count). The van der Waals surface area contributed by atoms with Gasteiger partial charge in [-0.15, -0.1) is 0 Å². The molecule has 1 saturated heterocycles. The van der Waals surface area contributed by atoms with E-state index in [1.54, 1.807) is 0 Å². The highest BCUT2D eigenvalue weighted by molar-refractivity contribution is 5.91. The van der Waals surface area contributed by atoms with Gasteiger partial charge in [-0.2, -0.15) is 0 Å². The van der Waals surface area contributed by atoms with Gasteiger partial charge in [0.05, 0.1) is 6.61 Å². The fourth-order valence-corrected chi connectivity index (χ4v) is 2.47. The molecule has 0 N–H and O–H groups in total. The summed E-state index contributed by atoms with van der Waals surface area (Å²) >= 11 is 0. The van der Waals surface area contributed by atoms with E-state index in [1.807, 2.05) is 13.8 Å². The molecule has 1 fully saturated rings. The Morgan fingerprint density at radius 2 is 2.20 bits per heavy atom. The maximum atomic E-state index is 12.0. The first-order valence-corrected chi connectivity index (χ1v) is 5.89. The first-order valence-electron chi connectivity index (χ1n) is 5.89. The summed E-state index contributed by atoms with van der Waals surface area (Å²) in [6.07, 6.45) is 4.64. The zero-order chi connectivity index (χ0) is 11.1. The van der Waals surface area contributed by atoms with Gasteiger partial charge in [0.2, 0.25) is 0 Å². The van der Waals surface area contributed by atoms with Gasteiger partial charge in [-0.05, 0) is 39.5 Å². The molecule has 0 radical (unpaired) electrons. The first kappa shape index (κ1) is 10.9. The van der Waals surface area contributed by atoms with Crippen molar-refractivity contribution in [2.75, 3.05) is 6.61 Å². The third-order valence-corrected chi connectivity index (χ3v) is 3.73. The van der Waals surface area contributed by atoms with Crippen molar-refractivity contribution in [2.24, 2.45) is 5.92 Å². The summed E-state index contributed by atoms with van der Waals surface area (Å²) in [5.41, 5.74) is 2.59. The molecule has 15 heavy (non-hydrogen) atoms. The molecular formula is C13H20O2. The van der Waals surface area contributed by atoms with Crippen LogP contribution in [0.3, 0.4) is 0 Å². The van der Waals surface area contributed by atoms with Crippen LogP contribution in [0, 0.1) is 5.92 Å². The van der Waals surface area contributed by atoms with E-state index < -0.39 is 5.60 Å². The SMILES string of the molecule is CC1=C(CC(C)C(=O)C2(C)CO2)CCC1. The average Bonchev–Trinajstić information content (AvgIpc) is 2.83. The Bertz CT molecular complexity index is 310. The number of hydrogen-bond donors (Lipinski definition) is 0. The molecule has 0 spiro atoms. The van der Waals surface area contributed by atoms with Gasteiger partial charge in [0.15, 0.2) is 5.78 Å². The topological polar surface area (TPSA) is 29.6 Å². The van der Waals surface area contributed by atoms with Crippen molar-refractivity contribution < 1.29 is 9.53 Å². The number of carbonyl (C=O) groups is 1. The van der Waals surface area contributed by atoms with Gasteiger partial charge in [-0.25, -0.2) is 0 Å². The third-order valence-electron chi connectivity index (χ3n) is 3.73. The fourth-order valence-electron chi connectivity index (χ4n) is 2.47. The molecule has 1 aliphatic carbocycles. The van der Waals surface area contributed by atoms with Crippen LogP contribution < -0.4 is 0 Å². The van der Waals surface area contributed by atoms with Crippen molar-refractivity contribution in [1.29, 1.82) is 0 Å². The van der Waals surface area contributed by atoms with Crippen LogP contribution in [0.2, 0.25) is 0 Å². The molecule has 2 aliphatic rings. The summed E-state index contributed by atoms with van der Waals surface area (Å²) in [6.45, 7) is 6.76. The van der Waals surface area contributed by atoms with E-state index in [0.717, 1.165) is 6.42 Å². The third kappa shape index (κ3) is 2.15. The average molecular weight is 208 g/mol. The highest BCUT2D eigenvalue weighted by atomic mass is 16.6. The summed E-state index contributed by atoms with van der Waals surface area (Å²) < 4.78 is 5.20. The van der Waals surface area contributed by atoms with E-state index in [2.05, 4.69) is 6.92 Å². The lowest BCUT2D eigenvalue weighted by Crippen LogP contribution is -2.27. The van der Waals surface area contributed by atoms with Crippen LogP contribution in [0.1, 0.15) is 46.5 Å². The number of allylic oxidation sites excluding steroid dienone is 2. The molecule has 0 bridgehead atoms. The van der Waals surface area contributed by atoms with Crippen LogP contribution >= 0.6 is 0 Å². The van der Waals surface area contributed by atoms with Gasteiger partial charge >= 0.3 is 0 Å². The van der Waals surface area contributed by atoms with E-state index in [-0.39, 0.29) is 11.7 Å². The molecule has 1 heterocycles. The molecular weight excluding hydrogens is 188 g/mol. The largest absolute Gasteiger partial charge is 0.362 e. The molecule has 2 nitrogen and oxygen atoms in total. The minimum Gasteiger partial charge on any atom is -0.362 e. The highest BCUT2D eigenvalue weighted by Gasteiger charge is 2.48. The number of Topliss-reactive ketones (excluding diaryl/α,β-unsaturated/α-hetero) is 1. The van der Waals surface area contributed by atoms with E-state index in [0.29, 0.717) is 6.61 Å². The van der Waals surface area contributed by atoms with Crippen molar-refractivity contribution in [3.63, 3.8) is 0 Å². The molecule has 2 unspecified atom stereocenters. The van der Waals surface area contributed by atoms with Crippen LogP contribution in [-0.2, 0) is 9.53 Å². The van der Waals surface area contributed by atoms with Crippen molar-refractivity contribution in [2.45, 2.75) is 52.1 Å². The molecule has 0 aromatic rings. The smallest absolute Gasteiger partial charge is 0.169 e. The van der Waals surface area contributed by atoms with E-state index in [9.17, 15) is 4.79 Å². The minimum absolute atomic E-state index is 0.126. The summed E-state index contributed by atoms with van der Waals surface area (Å²) in [4.78, 5) is 12.0. The lowest BCUT2D eigenvalue weighted by atomic mass is 9.89. The second-order valence-corrected chi connectivity index (χ2v) is 5.23. The summed E-state index contributed by atoms with van der Waals surface area (Å²) in [7, 11) is 0. The number of epoxide rings is 1. The van der Waals surface area contributed by atoms with E-state index >= 15 is 0 Å². The number of carbonyl (C=O) groups excluding carboxylic acids is 1. The maximum absolute atomic E-state index is 12.0. The Kier molecular flexibility index (Phi) is 2.72. The van der Waals surface area contributed by atoms with Crippen LogP contribution in [0.25, 0.3) is 0 Å². The Morgan fingerprint density at radius 1 is 1.53 bits per heavy atom. The quantitative estimate of drug-likeness (QED) is 0.525. The standard InChI is InChI=1S/C13H20O2/c1-9-5-4-6-11(9)7-10(2)12(14)13(3)8-15-13/h10H,4-8H2,1-3H3. The van der Waals surface area contributed by atoms with Gasteiger partial charge < -0.3 is 4.74 Å². The zero-order valence-electron chi connectivity index (χ0n) is 9.93. The van der Waals surface area contributed by atoms with Crippen LogP contribution in [0.15, 0.2) is 11.1 Å². The van der Waals surface area contributed by atoms with Gasteiger partial charge in [0, 0.05) is 5.92 Å². The molecule has 2 atom stereocenters. The lowest BCUT2D eigenvalue weighted by molar-refractivity contribution is -0.127. The van der Waals surface area contributed by atoms with Crippen molar-refractivity contribution >= 4 is 5.78 Å². The van der Waals surface area contributed by atoms with Crippen LogP contribution in [0.5, 0.6) is 0 Å². The van der Waals surface area contributed by atoms with E-state index in [4.69, 9.17) is 4.74 Å². The molecule has 84 valence electrons. The summed E-state index contributed by atoms with van der Waals surface area (Å²) in [5.74, 6) is 0.412. The normalized spacial score (nSPS) is 31.9. The van der Waals surface area contributed by atoms with Crippen molar-refractivity contribution in [3.8, 4) is 0 Å². The highest BCUT2D eigenvalue weighted by Crippen LogP contribution is 2.35. The second-order valence-electron chi connectivity index (χ2n) is 5.23. The summed E-state index contributed by atoms with van der Waals surface area (Å²) in [5, 5.41) is 0. The number of hydrogen-bond acceptors (Lipinski definition) is 2. The molecule has 0 aromatic carbocycles. The number of rotatable bonds is 4. The lowest BCUT2D eigenvalue weighted by Gasteiger charge is -2.14. The molecule has 0 saturated carbocycles. The van der Waals surface area contributed by atoms with E-state index in [1.165, 1.54) is 30.4 Å². The predicted molar refractivity (Wildman–Crippen MR) is 59.7 cm³/mol. The predicted octanol–water partition coefficient (Wildman–Crippen LogP) is 2.87. The Morgan fingerprint density at radius 3 is 2.67 bits per heavy atom. The van der Waals surface area contributed by atoms with Crippen molar-refractivity contribution in [1.82, 2.24) is 0 Å². The Balaban J connectivity index is 1.95. The molecule has 0 amide bonds. The summed E-state index contributed by atoms with van der Waals surface area (Å²) in [6, 6.07) is 0. The zero-order valence-corrected chi connectivity index (χ0v) is 9.93. The first-order chi connectivity index (χ1) is 7.03. The molecule has 2 heteroatoms. The van der Waals surface area contributed by atoms with Crippen LogP contribution in [0.4, 0.5) is 0 Å². The Hall–Kier alpha value is -0.630. The van der Waals surface area contributed by atoms with Crippen molar-refractivity contribution in [3.05, 3.63) is 11.1 Å². The van der Waals surface area contributed by atoms with Crippen LogP contribution in [-0.4, -0.2) is 18.0 Å². The Labute approximate surface area is 91.7 Å². The van der Waals surface area contributed by atoms with Gasteiger partial charge in [-0.3, -0.25) is 4.79 Å².